The molecule has 3 nitrogen and oxygen atoms in total. The van der Waals surface area contributed by atoms with Crippen LogP contribution in [0.4, 0.5) is 0 Å². The highest BCUT2D eigenvalue weighted by molar-refractivity contribution is 5.81. The smallest absolute Gasteiger partial charge is 0.223 e. The molecule has 0 spiro atoms. The number of carbonyl (C=O) groups is 1. The molecule has 1 N–H and O–H groups in total. The molecule has 0 radical (unpaired) electrons. The minimum Gasteiger partial charge on any atom is -0.353 e. The van der Waals surface area contributed by atoms with Gasteiger partial charge in [-0.15, -0.1) is 0 Å². The van der Waals surface area contributed by atoms with Crippen LogP contribution in [0.5, 0.6) is 0 Å². The monoisotopic (exact) mass is 222 g/mol. The molecule has 1 saturated carbocycles. The standard InChI is InChI=1S/C13H22N2O/c1-15-11-3-2-4-12(15)8-10(7-11)14-13(16)9-5-6-9/h9-12H,2-8H2,1H3,(H,14,16). The van der Waals surface area contributed by atoms with Crippen molar-refractivity contribution in [2.24, 2.45) is 5.92 Å². The molecule has 2 bridgehead atoms. The van der Waals surface area contributed by atoms with Crippen molar-refractivity contribution in [3.05, 3.63) is 0 Å². The van der Waals surface area contributed by atoms with Crippen LogP contribution in [-0.2, 0) is 4.79 Å². The van der Waals surface area contributed by atoms with Gasteiger partial charge in [0.05, 0.1) is 0 Å². The highest BCUT2D eigenvalue weighted by Gasteiger charge is 2.38. The summed E-state index contributed by atoms with van der Waals surface area (Å²) in [4.78, 5) is 14.3. The number of nitrogens with one attached hydrogen (secondary N) is 1. The first-order valence-corrected chi connectivity index (χ1v) is 6.76. The highest BCUT2D eigenvalue weighted by Crippen LogP contribution is 2.34. The highest BCUT2D eigenvalue weighted by atomic mass is 16.2. The second-order valence-corrected chi connectivity index (χ2v) is 5.86. The normalized spacial score (nSPS) is 39.4. The Kier molecular flexibility index (Phi) is 2.66. The third-order valence-electron chi connectivity index (χ3n) is 4.63. The fourth-order valence-corrected chi connectivity index (χ4v) is 3.40. The van der Waals surface area contributed by atoms with Gasteiger partial charge in [-0.25, -0.2) is 0 Å². The molecule has 0 aromatic rings. The number of carbonyl (C=O) groups excluding carboxylic acids is 1. The molecule has 2 heterocycles. The molecule has 3 rings (SSSR count). The Balaban J connectivity index is 1.59. The fourth-order valence-electron chi connectivity index (χ4n) is 3.40. The Morgan fingerprint density at radius 1 is 1.12 bits per heavy atom. The van der Waals surface area contributed by atoms with E-state index in [0.29, 0.717) is 17.9 Å². The summed E-state index contributed by atoms with van der Waals surface area (Å²) in [5.41, 5.74) is 0. The molecule has 2 atom stereocenters. The summed E-state index contributed by atoms with van der Waals surface area (Å²) >= 11 is 0. The van der Waals surface area contributed by atoms with Crippen molar-refractivity contribution in [3.63, 3.8) is 0 Å². The molecule has 2 unspecified atom stereocenters. The van der Waals surface area contributed by atoms with Crippen molar-refractivity contribution >= 4 is 5.91 Å². The van der Waals surface area contributed by atoms with Gasteiger partial charge in [0, 0.05) is 24.0 Å². The first-order chi connectivity index (χ1) is 7.74. The zero-order valence-electron chi connectivity index (χ0n) is 10.1. The largest absolute Gasteiger partial charge is 0.353 e. The molecule has 0 aromatic heterocycles. The number of fused-ring (bicyclic) bond motifs is 2. The van der Waals surface area contributed by atoms with E-state index in [1.54, 1.807) is 0 Å². The Morgan fingerprint density at radius 2 is 1.75 bits per heavy atom. The molecule has 3 fully saturated rings. The lowest BCUT2D eigenvalue weighted by molar-refractivity contribution is -0.123. The molecule has 1 amide bonds. The number of rotatable bonds is 2. The van der Waals surface area contributed by atoms with Crippen molar-refractivity contribution in [1.82, 2.24) is 10.2 Å². The maximum Gasteiger partial charge on any atom is 0.223 e. The molecular weight excluding hydrogens is 200 g/mol. The third kappa shape index (κ3) is 1.97. The summed E-state index contributed by atoms with van der Waals surface area (Å²) in [7, 11) is 2.26. The number of nitrogens with zero attached hydrogens (tertiary/aromatic N) is 1. The number of piperidine rings is 2. The van der Waals surface area contributed by atoms with E-state index in [1.165, 1.54) is 32.1 Å². The molecule has 16 heavy (non-hydrogen) atoms. The first-order valence-electron chi connectivity index (χ1n) is 6.76. The van der Waals surface area contributed by atoms with E-state index >= 15 is 0 Å². The SMILES string of the molecule is CN1C2CCCC1CC(NC(=O)C1CC1)C2. The molecule has 90 valence electrons. The van der Waals surface area contributed by atoms with E-state index in [-0.39, 0.29) is 0 Å². The van der Waals surface area contributed by atoms with E-state index in [9.17, 15) is 4.79 Å². The quantitative estimate of drug-likeness (QED) is 0.768. The number of amides is 1. The van der Waals surface area contributed by atoms with Gasteiger partial charge in [0.1, 0.15) is 0 Å². The number of hydrogen-bond acceptors (Lipinski definition) is 2. The van der Waals surface area contributed by atoms with Crippen molar-refractivity contribution in [2.45, 2.75) is 63.1 Å². The van der Waals surface area contributed by atoms with E-state index < -0.39 is 0 Å². The minimum absolute atomic E-state index is 0.327. The molecule has 1 aliphatic carbocycles. The summed E-state index contributed by atoms with van der Waals surface area (Å²) in [6.45, 7) is 0. The lowest BCUT2D eigenvalue weighted by Gasteiger charge is -2.47. The van der Waals surface area contributed by atoms with Crippen LogP contribution >= 0.6 is 0 Å². The average molecular weight is 222 g/mol. The predicted molar refractivity (Wildman–Crippen MR) is 63.1 cm³/mol. The lowest BCUT2D eigenvalue weighted by Crippen LogP contribution is -2.55. The van der Waals surface area contributed by atoms with Crippen molar-refractivity contribution in [1.29, 1.82) is 0 Å². The van der Waals surface area contributed by atoms with Crippen molar-refractivity contribution in [3.8, 4) is 0 Å². The van der Waals surface area contributed by atoms with Crippen LogP contribution in [0.25, 0.3) is 0 Å². The lowest BCUT2D eigenvalue weighted by atomic mass is 9.82. The van der Waals surface area contributed by atoms with Crippen LogP contribution < -0.4 is 5.32 Å². The van der Waals surface area contributed by atoms with Gasteiger partial charge in [0.2, 0.25) is 5.91 Å². The van der Waals surface area contributed by atoms with Gasteiger partial charge in [-0.3, -0.25) is 4.79 Å². The van der Waals surface area contributed by atoms with Gasteiger partial charge in [0.25, 0.3) is 0 Å². The second kappa shape index (κ2) is 4.02. The van der Waals surface area contributed by atoms with Crippen LogP contribution in [-0.4, -0.2) is 36.0 Å². The minimum atomic E-state index is 0.327. The Bertz CT molecular complexity index is 274. The molecule has 2 aliphatic heterocycles. The van der Waals surface area contributed by atoms with Gasteiger partial charge in [0.15, 0.2) is 0 Å². The summed E-state index contributed by atoms with van der Waals surface area (Å²) in [5, 5.41) is 3.26. The van der Waals surface area contributed by atoms with E-state index in [4.69, 9.17) is 0 Å². The van der Waals surface area contributed by atoms with Gasteiger partial charge < -0.3 is 10.2 Å². The van der Waals surface area contributed by atoms with Crippen molar-refractivity contribution in [2.75, 3.05) is 7.05 Å². The number of hydrogen-bond donors (Lipinski definition) is 1. The zero-order chi connectivity index (χ0) is 11.1. The average Bonchev–Trinajstić information content (AvgIpc) is 3.02. The Hall–Kier alpha value is -0.570. The molecule has 0 aromatic carbocycles. The maximum absolute atomic E-state index is 11.8. The molecular formula is C13H22N2O. The van der Waals surface area contributed by atoms with E-state index in [2.05, 4.69) is 17.3 Å². The molecule has 2 saturated heterocycles. The van der Waals surface area contributed by atoms with E-state index in [0.717, 1.165) is 24.9 Å². The van der Waals surface area contributed by atoms with Crippen LogP contribution in [0.2, 0.25) is 0 Å². The van der Waals surface area contributed by atoms with Gasteiger partial charge >= 0.3 is 0 Å². The fraction of sp³-hybridized carbons (Fsp3) is 0.923. The van der Waals surface area contributed by atoms with E-state index in [1.807, 2.05) is 0 Å². The topological polar surface area (TPSA) is 32.3 Å². The predicted octanol–water partition coefficient (Wildman–Crippen LogP) is 1.53. The van der Waals surface area contributed by atoms with Gasteiger partial charge in [-0.05, 0) is 45.6 Å². The van der Waals surface area contributed by atoms with Gasteiger partial charge in [-0.2, -0.15) is 0 Å². The second-order valence-electron chi connectivity index (χ2n) is 5.86. The molecule has 3 aliphatic rings. The van der Waals surface area contributed by atoms with Gasteiger partial charge in [-0.1, -0.05) is 6.42 Å². The summed E-state index contributed by atoms with van der Waals surface area (Å²) in [5.74, 6) is 0.687. The zero-order valence-corrected chi connectivity index (χ0v) is 10.1. The Labute approximate surface area is 97.6 Å². The van der Waals surface area contributed by atoms with Crippen LogP contribution in [0.3, 0.4) is 0 Å². The third-order valence-corrected chi connectivity index (χ3v) is 4.63. The Morgan fingerprint density at radius 3 is 2.31 bits per heavy atom. The molecule has 3 heteroatoms. The summed E-state index contributed by atoms with van der Waals surface area (Å²) in [6.07, 6.45) is 8.60. The summed E-state index contributed by atoms with van der Waals surface area (Å²) in [6, 6.07) is 1.90. The van der Waals surface area contributed by atoms with Crippen molar-refractivity contribution < 1.29 is 4.79 Å². The van der Waals surface area contributed by atoms with Crippen LogP contribution in [0.1, 0.15) is 44.9 Å². The maximum atomic E-state index is 11.8. The first kappa shape index (κ1) is 10.6. The summed E-state index contributed by atoms with van der Waals surface area (Å²) < 4.78 is 0. The van der Waals surface area contributed by atoms with Crippen LogP contribution in [0.15, 0.2) is 0 Å². The van der Waals surface area contributed by atoms with Crippen LogP contribution in [0, 0.1) is 5.92 Å².